The van der Waals surface area contributed by atoms with Gasteiger partial charge < -0.3 is 14.6 Å². The van der Waals surface area contributed by atoms with Crippen molar-refractivity contribution in [2.45, 2.75) is 25.7 Å². The minimum Gasteiger partial charge on any atom is -0.440 e. The third kappa shape index (κ3) is 3.99. The van der Waals surface area contributed by atoms with Crippen LogP contribution in [0.5, 0.6) is 0 Å². The van der Waals surface area contributed by atoms with Gasteiger partial charge in [-0.3, -0.25) is 9.59 Å². The van der Waals surface area contributed by atoms with Crippen molar-refractivity contribution in [3.05, 3.63) is 72.4 Å². The van der Waals surface area contributed by atoms with Crippen molar-refractivity contribution in [3.8, 4) is 5.69 Å². The van der Waals surface area contributed by atoms with Gasteiger partial charge in [-0.1, -0.05) is 12.1 Å². The van der Waals surface area contributed by atoms with E-state index < -0.39 is 0 Å². The number of rotatable bonds is 4. The van der Waals surface area contributed by atoms with Crippen LogP contribution in [0, 0.1) is 0 Å². The lowest BCUT2D eigenvalue weighted by Gasteiger charge is -2.30. The molecule has 5 rings (SSSR count). The van der Waals surface area contributed by atoms with Gasteiger partial charge in [0.05, 0.1) is 23.8 Å². The molecule has 3 heterocycles. The summed E-state index contributed by atoms with van der Waals surface area (Å²) in [6, 6.07) is 15.1. The zero-order valence-electron chi connectivity index (χ0n) is 17.7. The van der Waals surface area contributed by atoms with Gasteiger partial charge in [0.1, 0.15) is 5.52 Å². The van der Waals surface area contributed by atoms with Crippen molar-refractivity contribution in [2.24, 2.45) is 0 Å². The summed E-state index contributed by atoms with van der Waals surface area (Å²) in [6.45, 7) is 2.79. The van der Waals surface area contributed by atoms with E-state index in [-0.39, 0.29) is 17.7 Å². The Hall–Kier alpha value is -3.94. The highest BCUT2D eigenvalue weighted by atomic mass is 16.3. The number of nitrogens with one attached hydrogen (secondary N) is 1. The number of fused-ring (bicyclic) bond motifs is 1. The predicted octanol–water partition coefficient (Wildman–Crippen LogP) is 3.99. The molecule has 0 bridgehead atoms. The Kier molecular flexibility index (Phi) is 5.18. The molecular formula is C24H23N5O3. The smallest absolute Gasteiger partial charge is 0.253 e. The summed E-state index contributed by atoms with van der Waals surface area (Å²) in [7, 11) is 0. The fourth-order valence-corrected chi connectivity index (χ4v) is 4.07. The van der Waals surface area contributed by atoms with E-state index in [1.54, 1.807) is 17.1 Å². The first-order valence-corrected chi connectivity index (χ1v) is 10.6. The number of amides is 2. The SMILES string of the molecule is CC(=O)Nc1cnn(-c2ccc(C(=O)N3CCC(c4nc5ccccc5o4)CC3)cc2)c1. The maximum absolute atomic E-state index is 13.0. The third-order valence-corrected chi connectivity index (χ3v) is 5.72. The molecule has 1 N–H and O–H groups in total. The number of benzene rings is 2. The summed E-state index contributed by atoms with van der Waals surface area (Å²) in [5, 5.41) is 6.94. The van der Waals surface area contributed by atoms with Crippen molar-refractivity contribution in [1.82, 2.24) is 19.7 Å². The minimum absolute atomic E-state index is 0.0203. The van der Waals surface area contributed by atoms with E-state index in [2.05, 4.69) is 15.4 Å². The van der Waals surface area contributed by atoms with Crippen LogP contribution in [0.3, 0.4) is 0 Å². The molecule has 4 aromatic rings. The van der Waals surface area contributed by atoms with Gasteiger partial charge in [-0.2, -0.15) is 5.10 Å². The van der Waals surface area contributed by atoms with Crippen LogP contribution < -0.4 is 5.32 Å². The standard InChI is InChI=1S/C24H23N5O3/c1-16(30)26-19-14-25-29(15-19)20-8-6-18(7-9-20)24(31)28-12-10-17(11-13-28)23-27-21-4-2-3-5-22(21)32-23/h2-9,14-15,17H,10-13H2,1H3,(H,26,30). The quantitative estimate of drug-likeness (QED) is 0.529. The molecule has 0 saturated carbocycles. The molecule has 1 aliphatic heterocycles. The normalized spacial score (nSPS) is 14.6. The highest BCUT2D eigenvalue weighted by Crippen LogP contribution is 2.30. The second-order valence-electron chi connectivity index (χ2n) is 7.99. The van der Waals surface area contributed by atoms with Gasteiger partial charge in [0.15, 0.2) is 11.5 Å². The number of para-hydroxylation sites is 2. The highest BCUT2D eigenvalue weighted by molar-refractivity contribution is 5.94. The van der Waals surface area contributed by atoms with E-state index in [0.29, 0.717) is 24.3 Å². The van der Waals surface area contributed by atoms with E-state index in [1.807, 2.05) is 53.4 Å². The van der Waals surface area contributed by atoms with Gasteiger partial charge in [-0.25, -0.2) is 9.67 Å². The largest absolute Gasteiger partial charge is 0.440 e. The van der Waals surface area contributed by atoms with Gasteiger partial charge in [0.2, 0.25) is 5.91 Å². The van der Waals surface area contributed by atoms with Crippen LogP contribution in [-0.4, -0.2) is 44.6 Å². The van der Waals surface area contributed by atoms with Crippen LogP contribution in [0.2, 0.25) is 0 Å². The van der Waals surface area contributed by atoms with Crippen molar-refractivity contribution < 1.29 is 14.0 Å². The molecule has 1 saturated heterocycles. The second-order valence-corrected chi connectivity index (χ2v) is 7.99. The van der Waals surface area contributed by atoms with E-state index in [1.165, 1.54) is 6.92 Å². The Labute approximate surface area is 184 Å². The maximum Gasteiger partial charge on any atom is 0.253 e. The van der Waals surface area contributed by atoms with E-state index in [9.17, 15) is 9.59 Å². The van der Waals surface area contributed by atoms with Crippen LogP contribution in [-0.2, 0) is 4.79 Å². The van der Waals surface area contributed by atoms with E-state index in [0.717, 1.165) is 35.5 Å². The summed E-state index contributed by atoms with van der Waals surface area (Å²) < 4.78 is 7.58. The maximum atomic E-state index is 13.0. The number of nitrogens with zero attached hydrogens (tertiary/aromatic N) is 4. The van der Waals surface area contributed by atoms with E-state index >= 15 is 0 Å². The first-order valence-electron chi connectivity index (χ1n) is 10.6. The van der Waals surface area contributed by atoms with Crippen molar-refractivity contribution in [1.29, 1.82) is 0 Å². The predicted molar refractivity (Wildman–Crippen MR) is 120 cm³/mol. The highest BCUT2D eigenvalue weighted by Gasteiger charge is 2.27. The van der Waals surface area contributed by atoms with Gasteiger partial charge >= 0.3 is 0 Å². The van der Waals surface area contributed by atoms with Crippen LogP contribution in [0.1, 0.15) is 41.9 Å². The molecule has 2 aromatic carbocycles. The lowest BCUT2D eigenvalue weighted by molar-refractivity contribution is -0.114. The average Bonchev–Trinajstić information content (AvgIpc) is 3.45. The summed E-state index contributed by atoms with van der Waals surface area (Å²) in [4.78, 5) is 30.7. The number of hydrogen-bond acceptors (Lipinski definition) is 5. The van der Waals surface area contributed by atoms with Crippen molar-refractivity contribution in [2.75, 3.05) is 18.4 Å². The fraction of sp³-hybridized carbons (Fsp3) is 0.250. The Morgan fingerprint density at radius 1 is 1.06 bits per heavy atom. The fourth-order valence-electron chi connectivity index (χ4n) is 4.07. The second kappa shape index (κ2) is 8.30. The zero-order chi connectivity index (χ0) is 22.1. The van der Waals surface area contributed by atoms with Crippen molar-refractivity contribution in [3.63, 3.8) is 0 Å². The summed E-state index contributed by atoms with van der Waals surface area (Å²) in [5.74, 6) is 0.865. The molecule has 2 aromatic heterocycles. The number of carbonyl (C=O) groups excluding carboxylic acids is 2. The summed E-state index contributed by atoms with van der Waals surface area (Å²) >= 11 is 0. The molecule has 2 amide bonds. The Morgan fingerprint density at radius 2 is 1.81 bits per heavy atom. The zero-order valence-corrected chi connectivity index (χ0v) is 17.7. The van der Waals surface area contributed by atoms with Gasteiger partial charge in [0, 0.05) is 31.5 Å². The molecule has 0 spiro atoms. The van der Waals surface area contributed by atoms with Gasteiger partial charge in [-0.15, -0.1) is 0 Å². The van der Waals surface area contributed by atoms with Gasteiger partial charge in [-0.05, 0) is 49.2 Å². The number of hydrogen-bond donors (Lipinski definition) is 1. The summed E-state index contributed by atoms with van der Waals surface area (Å²) in [6.07, 6.45) is 4.97. The molecule has 0 radical (unpaired) electrons. The molecule has 0 atom stereocenters. The molecule has 8 nitrogen and oxygen atoms in total. The lowest BCUT2D eigenvalue weighted by atomic mass is 9.96. The number of oxazole rings is 1. The number of aromatic nitrogens is 3. The molecule has 0 unspecified atom stereocenters. The molecule has 32 heavy (non-hydrogen) atoms. The lowest BCUT2D eigenvalue weighted by Crippen LogP contribution is -2.38. The summed E-state index contributed by atoms with van der Waals surface area (Å²) in [5.41, 5.74) is 3.76. The Bertz CT molecular complexity index is 1230. The van der Waals surface area contributed by atoms with Crippen LogP contribution in [0.25, 0.3) is 16.8 Å². The molecular weight excluding hydrogens is 406 g/mol. The van der Waals surface area contributed by atoms with Gasteiger partial charge in [0.25, 0.3) is 5.91 Å². The first-order chi connectivity index (χ1) is 15.6. The average molecular weight is 429 g/mol. The molecule has 1 fully saturated rings. The first kappa shape index (κ1) is 20.0. The molecule has 8 heteroatoms. The minimum atomic E-state index is -0.148. The van der Waals surface area contributed by atoms with Crippen LogP contribution in [0.4, 0.5) is 5.69 Å². The number of carbonyl (C=O) groups is 2. The van der Waals surface area contributed by atoms with Crippen LogP contribution >= 0.6 is 0 Å². The van der Waals surface area contributed by atoms with E-state index in [4.69, 9.17) is 4.42 Å². The molecule has 162 valence electrons. The number of piperidine rings is 1. The molecule has 1 aliphatic rings. The monoisotopic (exact) mass is 429 g/mol. The number of anilines is 1. The van der Waals surface area contributed by atoms with Crippen LogP contribution in [0.15, 0.2) is 65.3 Å². The number of likely N-dealkylation sites (tertiary alicyclic amines) is 1. The Morgan fingerprint density at radius 3 is 2.53 bits per heavy atom. The molecule has 0 aliphatic carbocycles. The topological polar surface area (TPSA) is 93.3 Å². The van der Waals surface area contributed by atoms with Crippen molar-refractivity contribution >= 4 is 28.6 Å². The third-order valence-electron chi connectivity index (χ3n) is 5.72. The Balaban J connectivity index is 1.22.